The molecule has 1 fully saturated rings. The number of ether oxygens (including phenoxy) is 1. The first-order valence-corrected chi connectivity index (χ1v) is 15.8. The fourth-order valence-electron chi connectivity index (χ4n) is 7.38. The molecule has 1 saturated heterocycles. The lowest BCUT2D eigenvalue weighted by Gasteiger charge is -2.45. The van der Waals surface area contributed by atoms with E-state index in [0.717, 1.165) is 41.5 Å². The number of nitrogens with zero attached hydrogens (tertiary/aromatic N) is 1. The van der Waals surface area contributed by atoms with Crippen LogP contribution in [0.15, 0.2) is 48.5 Å². The lowest BCUT2D eigenvalue weighted by molar-refractivity contribution is -0.153. The Morgan fingerprint density at radius 2 is 1.00 bits per heavy atom. The van der Waals surface area contributed by atoms with Crippen LogP contribution >= 0.6 is 0 Å². The Labute approximate surface area is 239 Å². The molecule has 0 unspecified atom stereocenters. The van der Waals surface area contributed by atoms with Crippen LogP contribution in [0.3, 0.4) is 0 Å². The molecule has 3 aliphatic carbocycles. The molecule has 214 valence electrons. The second-order valence-electron chi connectivity index (χ2n) is 12.0. The number of hydrogen-bond acceptors (Lipinski definition) is 4. The zero-order chi connectivity index (χ0) is 27.9. The van der Waals surface area contributed by atoms with Crippen molar-refractivity contribution >= 4 is 17.8 Å². The van der Waals surface area contributed by atoms with Crippen LogP contribution in [0.25, 0.3) is 0 Å². The Bertz CT molecular complexity index is 1070. The number of likely N-dealkylation sites (tertiary alicyclic amines) is 1. The molecule has 2 bridgehead atoms. The number of amides is 2. The summed E-state index contributed by atoms with van der Waals surface area (Å²) in [5, 5.41) is 0. The number of hydrogen-bond donors (Lipinski definition) is 0. The van der Waals surface area contributed by atoms with Gasteiger partial charge in [-0.15, -0.1) is 0 Å². The normalized spacial score (nSPS) is 22.3. The van der Waals surface area contributed by atoms with Crippen LogP contribution in [0.4, 0.5) is 0 Å². The molecule has 5 heteroatoms. The van der Waals surface area contributed by atoms with E-state index in [1.165, 1.54) is 69.1 Å². The van der Waals surface area contributed by atoms with Crippen molar-refractivity contribution in [3.63, 3.8) is 0 Å². The number of esters is 1. The van der Waals surface area contributed by atoms with E-state index in [-0.39, 0.29) is 30.2 Å². The zero-order valence-electron chi connectivity index (χ0n) is 24.1. The Balaban J connectivity index is 1.04. The predicted octanol–water partition coefficient (Wildman–Crippen LogP) is 7.51. The van der Waals surface area contributed by atoms with Gasteiger partial charge in [0.2, 0.25) is 11.8 Å². The third-order valence-corrected chi connectivity index (χ3v) is 9.34. The molecule has 2 aromatic carbocycles. The summed E-state index contributed by atoms with van der Waals surface area (Å²) in [6.45, 7) is 2.33. The largest absolute Gasteiger partial charge is 0.464 e. The Hall–Kier alpha value is -2.95. The summed E-state index contributed by atoms with van der Waals surface area (Å²) in [5.74, 6) is -2.14. The molecular weight excluding hydrogens is 498 g/mol. The molecular formula is C35H45NO4. The SMILES string of the molecule is CCCCCCCCCCCCCCCOC(=O)CN1C(=O)[C@@H]2C3c4ccccc4C(c4ccccc43)[C@@H]2C1=O. The van der Waals surface area contributed by atoms with E-state index in [1.807, 2.05) is 24.3 Å². The molecule has 2 amide bonds. The van der Waals surface area contributed by atoms with E-state index >= 15 is 0 Å². The molecule has 2 aromatic rings. The Morgan fingerprint density at radius 3 is 1.40 bits per heavy atom. The van der Waals surface area contributed by atoms with Gasteiger partial charge >= 0.3 is 5.97 Å². The summed E-state index contributed by atoms with van der Waals surface area (Å²) >= 11 is 0. The third kappa shape index (κ3) is 5.89. The van der Waals surface area contributed by atoms with E-state index < -0.39 is 17.8 Å². The quantitative estimate of drug-likeness (QED) is 0.125. The van der Waals surface area contributed by atoms with E-state index in [4.69, 9.17) is 4.74 Å². The second-order valence-corrected chi connectivity index (χ2v) is 12.0. The molecule has 0 spiro atoms. The van der Waals surface area contributed by atoms with Crippen molar-refractivity contribution in [2.24, 2.45) is 11.8 Å². The molecule has 1 aliphatic heterocycles. The maximum Gasteiger partial charge on any atom is 0.326 e. The first-order valence-electron chi connectivity index (χ1n) is 15.8. The summed E-state index contributed by atoms with van der Waals surface area (Å²) < 4.78 is 5.46. The van der Waals surface area contributed by atoms with Crippen molar-refractivity contribution in [2.45, 2.75) is 102 Å². The van der Waals surface area contributed by atoms with Crippen LogP contribution in [0.2, 0.25) is 0 Å². The Kier molecular flexibility index (Phi) is 9.72. The van der Waals surface area contributed by atoms with E-state index in [0.29, 0.717) is 6.61 Å². The number of rotatable bonds is 16. The minimum Gasteiger partial charge on any atom is -0.464 e. The van der Waals surface area contributed by atoms with Crippen molar-refractivity contribution < 1.29 is 19.1 Å². The molecule has 0 aromatic heterocycles. The summed E-state index contributed by atoms with van der Waals surface area (Å²) in [6, 6.07) is 16.4. The van der Waals surface area contributed by atoms with Crippen molar-refractivity contribution in [3.8, 4) is 0 Å². The van der Waals surface area contributed by atoms with Gasteiger partial charge in [-0.1, -0.05) is 133 Å². The topological polar surface area (TPSA) is 63.7 Å². The number of benzene rings is 2. The second kappa shape index (κ2) is 13.6. The van der Waals surface area contributed by atoms with Crippen LogP contribution in [-0.4, -0.2) is 35.8 Å². The summed E-state index contributed by atoms with van der Waals surface area (Å²) in [5.41, 5.74) is 4.56. The number of unbranched alkanes of at least 4 members (excludes halogenated alkanes) is 12. The average Bonchev–Trinajstić information content (AvgIpc) is 3.22. The third-order valence-electron chi connectivity index (χ3n) is 9.34. The van der Waals surface area contributed by atoms with E-state index in [2.05, 4.69) is 31.2 Å². The first kappa shape index (κ1) is 28.6. The van der Waals surface area contributed by atoms with Gasteiger partial charge in [-0.2, -0.15) is 0 Å². The van der Waals surface area contributed by atoms with Gasteiger partial charge in [0, 0.05) is 11.8 Å². The summed E-state index contributed by atoms with van der Waals surface area (Å²) in [4.78, 5) is 41.0. The highest BCUT2D eigenvalue weighted by molar-refractivity contribution is 6.09. The van der Waals surface area contributed by atoms with Crippen LogP contribution in [-0.2, 0) is 19.1 Å². The average molecular weight is 544 g/mol. The maximum atomic E-state index is 13.6. The van der Waals surface area contributed by atoms with Gasteiger partial charge in [-0.3, -0.25) is 19.3 Å². The minimum absolute atomic E-state index is 0.148. The molecule has 5 nitrogen and oxygen atoms in total. The lowest BCUT2D eigenvalue weighted by atomic mass is 9.55. The first-order chi connectivity index (χ1) is 19.6. The Morgan fingerprint density at radius 1 is 0.625 bits per heavy atom. The van der Waals surface area contributed by atoms with Gasteiger partial charge in [-0.05, 0) is 28.7 Å². The van der Waals surface area contributed by atoms with Crippen LogP contribution in [0.1, 0.15) is 124 Å². The molecule has 2 atom stereocenters. The highest BCUT2D eigenvalue weighted by Gasteiger charge is 2.61. The fourth-order valence-corrected chi connectivity index (χ4v) is 7.38. The molecule has 1 heterocycles. The zero-order valence-corrected chi connectivity index (χ0v) is 24.1. The molecule has 40 heavy (non-hydrogen) atoms. The smallest absolute Gasteiger partial charge is 0.326 e. The standard InChI is InChI=1S/C35H45NO4/c1-2-3-4-5-6-7-8-9-10-11-12-13-18-23-40-29(37)24-36-34(38)32-30-25-19-14-15-20-26(25)31(33(32)35(36)39)28-22-17-16-21-27(28)30/h14-17,19-22,30-33H,2-13,18,23-24H2,1H3/t30?,31?,32-,33+. The van der Waals surface area contributed by atoms with Crippen molar-refractivity contribution in [2.75, 3.05) is 13.2 Å². The minimum atomic E-state index is -0.485. The number of carbonyl (C=O) groups excluding carboxylic acids is 3. The monoisotopic (exact) mass is 543 g/mol. The highest BCUT2D eigenvalue weighted by atomic mass is 16.5. The number of carbonyl (C=O) groups is 3. The summed E-state index contributed by atoms with van der Waals surface area (Å²) in [6.07, 6.45) is 16.4. The van der Waals surface area contributed by atoms with Crippen LogP contribution < -0.4 is 0 Å². The van der Waals surface area contributed by atoms with E-state index in [9.17, 15) is 14.4 Å². The van der Waals surface area contributed by atoms with Crippen molar-refractivity contribution in [1.29, 1.82) is 0 Å². The lowest BCUT2D eigenvalue weighted by Crippen LogP contribution is -2.41. The van der Waals surface area contributed by atoms with E-state index in [1.54, 1.807) is 0 Å². The van der Waals surface area contributed by atoms with Crippen LogP contribution in [0.5, 0.6) is 0 Å². The van der Waals surface area contributed by atoms with Gasteiger partial charge < -0.3 is 4.74 Å². The highest BCUT2D eigenvalue weighted by Crippen LogP contribution is 2.60. The molecule has 0 radical (unpaired) electrons. The van der Waals surface area contributed by atoms with Crippen LogP contribution in [0, 0.1) is 11.8 Å². The van der Waals surface area contributed by atoms with Gasteiger partial charge in [0.15, 0.2) is 0 Å². The molecule has 0 saturated carbocycles. The molecule has 4 aliphatic rings. The van der Waals surface area contributed by atoms with Gasteiger partial charge in [-0.25, -0.2) is 0 Å². The number of imide groups is 1. The van der Waals surface area contributed by atoms with Gasteiger partial charge in [0.25, 0.3) is 0 Å². The van der Waals surface area contributed by atoms with Crippen molar-refractivity contribution in [1.82, 2.24) is 4.90 Å². The van der Waals surface area contributed by atoms with Gasteiger partial charge in [0.1, 0.15) is 6.54 Å². The predicted molar refractivity (Wildman–Crippen MR) is 157 cm³/mol. The van der Waals surface area contributed by atoms with Crippen molar-refractivity contribution in [3.05, 3.63) is 70.8 Å². The molecule has 0 N–H and O–H groups in total. The molecule has 6 rings (SSSR count). The van der Waals surface area contributed by atoms with Gasteiger partial charge in [0.05, 0.1) is 18.4 Å². The summed E-state index contributed by atoms with van der Waals surface area (Å²) in [7, 11) is 0. The fraction of sp³-hybridized carbons (Fsp3) is 0.571. The maximum absolute atomic E-state index is 13.6.